The third-order valence-corrected chi connectivity index (χ3v) is 6.16. The molecule has 188 valence electrons. The summed E-state index contributed by atoms with van der Waals surface area (Å²) in [4.78, 5) is 38.1. The second kappa shape index (κ2) is 11.2. The van der Waals surface area contributed by atoms with Crippen molar-refractivity contribution in [2.75, 3.05) is 25.9 Å². The van der Waals surface area contributed by atoms with Crippen LogP contribution in [0.3, 0.4) is 0 Å². The Balaban J connectivity index is 1.80. The molecule has 1 aliphatic rings. The van der Waals surface area contributed by atoms with Gasteiger partial charge in [0.15, 0.2) is 6.35 Å². The molecule has 2 amide bonds. The van der Waals surface area contributed by atoms with Gasteiger partial charge in [-0.25, -0.2) is 4.79 Å². The molecular weight excluding hydrogens is 452 g/mol. The summed E-state index contributed by atoms with van der Waals surface area (Å²) in [7, 11) is 1.56. The van der Waals surface area contributed by atoms with Crippen LogP contribution in [0.1, 0.15) is 46.4 Å². The van der Waals surface area contributed by atoms with Crippen LogP contribution in [-0.4, -0.2) is 59.4 Å². The Labute approximate surface area is 204 Å². The van der Waals surface area contributed by atoms with E-state index in [1.165, 1.54) is 12.1 Å². The molecule has 3 rings (SSSR count). The number of hydrogen-bond acceptors (Lipinski definition) is 7. The lowest BCUT2D eigenvalue weighted by molar-refractivity contribution is -0.150. The Bertz CT molecular complexity index is 1110. The number of aliphatic hydroxyl groups is 1. The van der Waals surface area contributed by atoms with Gasteiger partial charge in [0.05, 0.1) is 18.6 Å². The molecule has 0 spiro atoms. The minimum Gasteiger partial charge on any atom is -0.496 e. The lowest BCUT2D eigenvalue weighted by Crippen LogP contribution is -2.52. The van der Waals surface area contributed by atoms with Crippen molar-refractivity contribution in [2.24, 2.45) is 5.92 Å². The maximum Gasteiger partial charge on any atom is 0.337 e. The van der Waals surface area contributed by atoms with Gasteiger partial charge in [0.25, 0.3) is 0 Å². The van der Waals surface area contributed by atoms with E-state index in [9.17, 15) is 24.6 Å². The second-order valence-electron chi connectivity index (χ2n) is 8.64. The van der Waals surface area contributed by atoms with Gasteiger partial charge in [-0.05, 0) is 49.1 Å². The largest absolute Gasteiger partial charge is 0.496 e. The summed E-state index contributed by atoms with van der Waals surface area (Å²) in [6, 6.07) is 9.80. The zero-order valence-electron chi connectivity index (χ0n) is 20.1. The smallest absolute Gasteiger partial charge is 0.337 e. The van der Waals surface area contributed by atoms with E-state index in [4.69, 9.17) is 10.5 Å². The van der Waals surface area contributed by atoms with E-state index in [1.807, 2.05) is 32.0 Å². The van der Waals surface area contributed by atoms with Gasteiger partial charge in [-0.1, -0.05) is 30.7 Å². The lowest BCUT2D eigenvalue weighted by Gasteiger charge is -2.32. The molecule has 0 aromatic heterocycles. The van der Waals surface area contributed by atoms with Crippen LogP contribution in [0.25, 0.3) is 0 Å². The Kier molecular flexibility index (Phi) is 8.31. The standard InChI is InChI=1S/C25H32N4O6/c1-4-20(15-6-7-18(24(32)33)19(26)11-15)28-25(34)29-13-22(30)27-12-17(23(29)31)10-16-9-14(2)5-8-21(16)35-3/h5-9,11,17,20,25,28,34H,4,10,12-13,26H2,1-3H3,(H,27,30)(H,32,33). The van der Waals surface area contributed by atoms with Gasteiger partial charge in [-0.15, -0.1) is 0 Å². The van der Waals surface area contributed by atoms with Crippen LogP contribution >= 0.6 is 0 Å². The third-order valence-electron chi connectivity index (χ3n) is 6.16. The van der Waals surface area contributed by atoms with Crippen molar-refractivity contribution >= 4 is 23.5 Å². The number of nitrogens with zero attached hydrogens (tertiary/aromatic N) is 1. The SMILES string of the molecule is CCC(NC(O)N1CC(=O)NCC(Cc2cc(C)ccc2OC)C1=O)c1ccc(C(=O)O)c(N)c1. The molecule has 0 bridgehead atoms. The summed E-state index contributed by atoms with van der Waals surface area (Å²) in [6.45, 7) is 3.66. The molecule has 2 aromatic rings. The number of carbonyl (C=O) groups excluding carboxylic acids is 2. The highest BCUT2D eigenvalue weighted by molar-refractivity contribution is 5.93. The van der Waals surface area contributed by atoms with Crippen molar-refractivity contribution < 1.29 is 29.3 Å². The highest BCUT2D eigenvalue weighted by Gasteiger charge is 2.35. The van der Waals surface area contributed by atoms with Crippen LogP contribution in [0.4, 0.5) is 5.69 Å². The fraction of sp³-hybridized carbons (Fsp3) is 0.400. The number of nitrogens with one attached hydrogen (secondary N) is 2. The first-order valence-corrected chi connectivity index (χ1v) is 11.4. The van der Waals surface area contributed by atoms with Crippen LogP contribution < -0.4 is 21.1 Å². The van der Waals surface area contributed by atoms with Gasteiger partial charge >= 0.3 is 5.97 Å². The number of rotatable bonds is 9. The van der Waals surface area contributed by atoms with Crippen molar-refractivity contribution in [3.63, 3.8) is 0 Å². The zero-order chi connectivity index (χ0) is 25.7. The summed E-state index contributed by atoms with van der Waals surface area (Å²) in [5.41, 5.74) is 8.47. The number of methoxy groups -OCH3 is 1. The Morgan fingerprint density at radius 3 is 2.66 bits per heavy atom. The number of hydrogen-bond donors (Lipinski definition) is 5. The van der Waals surface area contributed by atoms with Gasteiger partial charge in [0.1, 0.15) is 12.3 Å². The maximum atomic E-state index is 13.4. The number of benzene rings is 2. The van der Waals surface area contributed by atoms with E-state index in [0.717, 1.165) is 16.0 Å². The Morgan fingerprint density at radius 1 is 1.29 bits per heavy atom. The van der Waals surface area contributed by atoms with E-state index in [-0.39, 0.29) is 36.2 Å². The van der Waals surface area contributed by atoms with E-state index >= 15 is 0 Å². The maximum absolute atomic E-state index is 13.4. The number of nitrogens with two attached hydrogens (primary N) is 1. The predicted molar refractivity (Wildman–Crippen MR) is 130 cm³/mol. The molecular formula is C25H32N4O6. The lowest BCUT2D eigenvalue weighted by atomic mass is 9.96. The summed E-state index contributed by atoms with van der Waals surface area (Å²) in [5.74, 6) is -1.83. The molecule has 3 atom stereocenters. The van der Waals surface area contributed by atoms with Gasteiger partial charge in [0, 0.05) is 18.3 Å². The highest BCUT2D eigenvalue weighted by atomic mass is 16.5. The molecule has 1 aliphatic heterocycles. The van der Waals surface area contributed by atoms with Crippen molar-refractivity contribution in [1.29, 1.82) is 0 Å². The molecule has 10 heteroatoms. The van der Waals surface area contributed by atoms with Crippen LogP contribution in [0.5, 0.6) is 5.75 Å². The first-order valence-electron chi connectivity index (χ1n) is 11.4. The molecule has 0 radical (unpaired) electrons. The van der Waals surface area contributed by atoms with Crippen molar-refractivity contribution in [2.45, 2.75) is 39.1 Å². The zero-order valence-corrected chi connectivity index (χ0v) is 20.1. The molecule has 3 unspecified atom stereocenters. The molecule has 1 heterocycles. The number of anilines is 1. The van der Waals surface area contributed by atoms with Gasteiger partial charge < -0.3 is 26.0 Å². The quantitative estimate of drug-likeness (QED) is 0.264. The van der Waals surface area contributed by atoms with E-state index in [0.29, 0.717) is 24.2 Å². The summed E-state index contributed by atoms with van der Waals surface area (Å²) >= 11 is 0. The van der Waals surface area contributed by atoms with Crippen LogP contribution in [0.2, 0.25) is 0 Å². The van der Waals surface area contributed by atoms with Crippen molar-refractivity contribution in [1.82, 2.24) is 15.5 Å². The minimum atomic E-state index is -1.45. The number of carboxylic acid groups (broad SMARTS) is 1. The number of aryl methyl sites for hydroxylation is 1. The molecule has 1 saturated heterocycles. The number of nitrogen functional groups attached to an aromatic ring is 1. The molecule has 10 nitrogen and oxygen atoms in total. The predicted octanol–water partition coefficient (Wildman–Crippen LogP) is 1.42. The number of aromatic carboxylic acids is 1. The average molecular weight is 485 g/mol. The third kappa shape index (κ3) is 6.09. The highest BCUT2D eigenvalue weighted by Crippen LogP contribution is 2.26. The number of carbonyl (C=O) groups is 3. The van der Waals surface area contributed by atoms with Crippen LogP contribution in [0.15, 0.2) is 36.4 Å². The number of carboxylic acids is 1. The molecule has 1 fully saturated rings. The fourth-order valence-electron chi connectivity index (χ4n) is 4.26. The van der Waals surface area contributed by atoms with E-state index < -0.39 is 24.3 Å². The topological polar surface area (TPSA) is 154 Å². The Morgan fingerprint density at radius 2 is 2.03 bits per heavy atom. The van der Waals surface area contributed by atoms with Crippen LogP contribution in [-0.2, 0) is 16.0 Å². The monoisotopic (exact) mass is 484 g/mol. The van der Waals surface area contributed by atoms with Crippen molar-refractivity contribution in [3.8, 4) is 5.75 Å². The second-order valence-corrected chi connectivity index (χ2v) is 8.64. The minimum absolute atomic E-state index is 0.0158. The van der Waals surface area contributed by atoms with Gasteiger partial charge in [-0.2, -0.15) is 0 Å². The Hall–Kier alpha value is -3.63. The number of aliphatic hydroxyl groups excluding tert-OH is 1. The molecule has 6 N–H and O–H groups in total. The molecule has 35 heavy (non-hydrogen) atoms. The fourth-order valence-corrected chi connectivity index (χ4v) is 4.26. The van der Waals surface area contributed by atoms with Gasteiger partial charge in [0.2, 0.25) is 11.8 Å². The number of ether oxygens (including phenoxy) is 1. The first kappa shape index (κ1) is 26.0. The normalized spacial score (nSPS) is 17.9. The average Bonchev–Trinajstić information content (AvgIpc) is 2.96. The molecule has 2 aromatic carbocycles. The van der Waals surface area contributed by atoms with Gasteiger partial charge in [-0.3, -0.25) is 19.8 Å². The van der Waals surface area contributed by atoms with Crippen molar-refractivity contribution in [3.05, 3.63) is 58.7 Å². The number of amides is 2. The van der Waals surface area contributed by atoms with E-state index in [1.54, 1.807) is 13.2 Å². The van der Waals surface area contributed by atoms with E-state index in [2.05, 4.69) is 10.6 Å². The summed E-state index contributed by atoms with van der Waals surface area (Å²) in [5, 5.41) is 25.9. The first-order chi connectivity index (χ1) is 16.6. The van der Waals surface area contributed by atoms with Crippen LogP contribution in [0, 0.1) is 12.8 Å². The molecule has 0 aliphatic carbocycles. The summed E-state index contributed by atoms with van der Waals surface area (Å²) in [6.07, 6.45) is -0.600. The summed E-state index contributed by atoms with van der Waals surface area (Å²) < 4.78 is 5.43. The molecule has 0 saturated carbocycles.